The van der Waals surface area contributed by atoms with Gasteiger partial charge in [-0.1, -0.05) is 11.6 Å². The van der Waals surface area contributed by atoms with Crippen LogP contribution in [0.4, 0.5) is 17.6 Å². The molecule has 1 aromatic heterocycles. The van der Waals surface area contributed by atoms with E-state index < -0.39 is 23.4 Å². The first kappa shape index (κ1) is 23.8. The fourth-order valence-electron chi connectivity index (χ4n) is 5.53. The summed E-state index contributed by atoms with van der Waals surface area (Å²) in [5.41, 5.74) is -1.14. The molecule has 34 heavy (non-hydrogen) atoms. The molecular formula is C24H26ClF4N3O2. The van der Waals surface area contributed by atoms with Crippen molar-refractivity contribution in [2.45, 2.75) is 38.0 Å². The SMILES string of the molecule is Fc1ccc(Cl)c(-c2cc(C(F)(F)F)c(O[C@H]3C[C@@H]4CN(CC5CCOCC5)C[C@@H]4C3)nn2)c1. The molecule has 5 rings (SSSR count). The van der Waals surface area contributed by atoms with Crippen LogP contribution in [-0.2, 0) is 10.9 Å². The van der Waals surface area contributed by atoms with Gasteiger partial charge in [-0.05, 0) is 67.7 Å². The Morgan fingerprint density at radius 3 is 2.44 bits per heavy atom. The molecule has 3 heterocycles. The summed E-state index contributed by atoms with van der Waals surface area (Å²) in [4.78, 5) is 2.49. The highest BCUT2D eigenvalue weighted by Gasteiger charge is 2.44. The van der Waals surface area contributed by atoms with Crippen molar-refractivity contribution in [1.82, 2.24) is 15.1 Å². The van der Waals surface area contributed by atoms with Gasteiger partial charge in [-0.15, -0.1) is 10.2 Å². The van der Waals surface area contributed by atoms with Gasteiger partial charge >= 0.3 is 6.18 Å². The lowest BCUT2D eigenvalue weighted by Crippen LogP contribution is -2.32. The normalized spacial score (nSPS) is 26.1. The van der Waals surface area contributed by atoms with Gasteiger partial charge in [0.15, 0.2) is 0 Å². The summed E-state index contributed by atoms with van der Waals surface area (Å²) in [5, 5.41) is 7.71. The van der Waals surface area contributed by atoms with Gasteiger partial charge in [0.25, 0.3) is 0 Å². The third-order valence-electron chi connectivity index (χ3n) is 7.19. The van der Waals surface area contributed by atoms with Crippen LogP contribution in [-0.4, -0.2) is 54.0 Å². The second-order valence-corrected chi connectivity index (χ2v) is 9.98. The predicted molar refractivity (Wildman–Crippen MR) is 118 cm³/mol. The summed E-state index contributed by atoms with van der Waals surface area (Å²) in [6.07, 6.45) is -1.45. The Balaban J connectivity index is 1.26. The zero-order valence-corrected chi connectivity index (χ0v) is 19.3. The highest BCUT2D eigenvalue weighted by molar-refractivity contribution is 6.33. The van der Waals surface area contributed by atoms with Crippen LogP contribution in [0.5, 0.6) is 5.88 Å². The van der Waals surface area contributed by atoms with Crippen LogP contribution >= 0.6 is 11.6 Å². The van der Waals surface area contributed by atoms with E-state index in [1.807, 2.05) is 0 Å². The summed E-state index contributed by atoms with van der Waals surface area (Å²) in [6.45, 7) is 4.63. The summed E-state index contributed by atoms with van der Waals surface area (Å²) in [5.74, 6) is 0.329. The number of nitrogens with zero attached hydrogens (tertiary/aromatic N) is 3. The average Bonchev–Trinajstić information content (AvgIpc) is 3.33. The molecule has 3 atom stereocenters. The van der Waals surface area contributed by atoms with Crippen molar-refractivity contribution >= 4 is 11.6 Å². The molecule has 3 aliphatic rings. The molecule has 1 aromatic carbocycles. The van der Waals surface area contributed by atoms with E-state index >= 15 is 0 Å². The minimum absolute atomic E-state index is 0.0474. The number of aromatic nitrogens is 2. The monoisotopic (exact) mass is 499 g/mol. The number of fused-ring (bicyclic) bond motifs is 1. The molecule has 0 radical (unpaired) electrons. The molecule has 0 unspecified atom stereocenters. The van der Waals surface area contributed by atoms with Gasteiger partial charge in [0, 0.05) is 38.4 Å². The van der Waals surface area contributed by atoms with E-state index in [1.165, 1.54) is 6.07 Å². The van der Waals surface area contributed by atoms with E-state index in [0.717, 1.165) is 63.9 Å². The molecule has 1 saturated carbocycles. The third kappa shape index (κ3) is 5.16. The fourth-order valence-corrected chi connectivity index (χ4v) is 5.75. The zero-order chi connectivity index (χ0) is 23.9. The van der Waals surface area contributed by atoms with Crippen molar-refractivity contribution in [3.05, 3.63) is 40.7 Å². The van der Waals surface area contributed by atoms with E-state index in [9.17, 15) is 17.6 Å². The number of ether oxygens (including phenoxy) is 2. The largest absolute Gasteiger partial charge is 0.473 e. The first-order valence-corrected chi connectivity index (χ1v) is 12.0. The Bertz CT molecular complexity index is 1020. The number of benzene rings is 1. The second-order valence-electron chi connectivity index (χ2n) is 9.58. The van der Waals surface area contributed by atoms with Crippen LogP contribution in [0.25, 0.3) is 11.3 Å². The standard InChI is InChI=1S/C24H26ClF4N3O2/c25-21-2-1-17(26)9-19(21)22-10-20(24(27,28)29)23(31-30-22)34-18-7-15-12-32(13-16(15)8-18)11-14-3-5-33-6-4-14/h1-2,9-10,14-16,18H,3-8,11-13H2/t15-,16+,18+. The molecule has 2 aliphatic heterocycles. The number of rotatable bonds is 5. The molecule has 1 aliphatic carbocycles. The Labute approximate surface area is 200 Å². The van der Waals surface area contributed by atoms with E-state index in [1.54, 1.807) is 0 Å². The Morgan fingerprint density at radius 1 is 1.06 bits per heavy atom. The number of likely N-dealkylation sites (tertiary alicyclic amines) is 1. The Kier molecular flexibility index (Phi) is 6.70. The summed E-state index contributed by atoms with van der Waals surface area (Å²) in [6, 6.07) is 4.27. The van der Waals surface area contributed by atoms with Gasteiger partial charge in [0.05, 0.1) is 10.7 Å². The quantitative estimate of drug-likeness (QED) is 0.510. The molecular weight excluding hydrogens is 474 g/mol. The van der Waals surface area contributed by atoms with Gasteiger partial charge in [0.2, 0.25) is 5.88 Å². The predicted octanol–water partition coefficient (Wildman–Crippen LogP) is 5.47. The summed E-state index contributed by atoms with van der Waals surface area (Å²) >= 11 is 6.05. The minimum Gasteiger partial charge on any atom is -0.473 e. The lowest BCUT2D eigenvalue weighted by molar-refractivity contribution is -0.139. The van der Waals surface area contributed by atoms with E-state index in [0.29, 0.717) is 30.6 Å². The first-order chi connectivity index (χ1) is 16.3. The number of halogens is 5. The van der Waals surface area contributed by atoms with E-state index in [4.69, 9.17) is 21.1 Å². The maximum absolute atomic E-state index is 13.8. The Hall–Kier alpha value is -1.97. The van der Waals surface area contributed by atoms with Crippen molar-refractivity contribution < 1.29 is 27.0 Å². The van der Waals surface area contributed by atoms with Crippen LogP contribution in [0.1, 0.15) is 31.2 Å². The van der Waals surface area contributed by atoms with Gasteiger partial charge in [-0.25, -0.2) is 4.39 Å². The van der Waals surface area contributed by atoms with Crippen LogP contribution < -0.4 is 4.74 Å². The first-order valence-electron chi connectivity index (χ1n) is 11.6. The number of hydrogen-bond donors (Lipinski definition) is 0. The Morgan fingerprint density at radius 2 is 1.76 bits per heavy atom. The zero-order valence-electron chi connectivity index (χ0n) is 18.5. The number of alkyl halides is 3. The van der Waals surface area contributed by atoms with Crippen molar-refractivity contribution in [2.75, 3.05) is 32.8 Å². The van der Waals surface area contributed by atoms with Crippen LogP contribution in [0.2, 0.25) is 5.02 Å². The van der Waals surface area contributed by atoms with Crippen LogP contribution in [0, 0.1) is 23.6 Å². The van der Waals surface area contributed by atoms with Crippen molar-refractivity contribution in [3.8, 4) is 17.1 Å². The van der Waals surface area contributed by atoms with Crippen molar-refractivity contribution in [1.29, 1.82) is 0 Å². The van der Waals surface area contributed by atoms with Gasteiger partial charge < -0.3 is 14.4 Å². The van der Waals surface area contributed by atoms with E-state index in [2.05, 4.69) is 15.1 Å². The number of hydrogen-bond acceptors (Lipinski definition) is 5. The van der Waals surface area contributed by atoms with Crippen molar-refractivity contribution in [2.24, 2.45) is 17.8 Å². The minimum atomic E-state index is -4.70. The van der Waals surface area contributed by atoms with Crippen LogP contribution in [0.3, 0.4) is 0 Å². The molecule has 10 heteroatoms. The van der Waals surface area contributed by atoms with Gasteiger partial charge in [-0.2, -0.15) is 13.2 Å². The molecule has 0 amide bonds. The molecule has 3 fully saturated rings. The highest BCUT2D eigenvalue weighted by Crippen LogP contribution is 2.43. The third-order valence-corrected chi connectivity index (χ3v) is 7.52. The second kappa shape index (κ2) is 9.59. The molecule has 0 N–H and O–H groups in total. The molecule has 5 nitrogen and oxygen atoms in total. The summed E-state index contributed by atoms with van der Waals surface area (Å²) < 4.78 is 66.3. The molecule has 0 bridgehead atoms. The summed E-state index contributed by atoms with van der Waals surface area (Å²) in [7, 11) is 0. The van der Waals surface area contributed by atoms with E-state index in [-0.39, 0.29) is 22.4 Å². The lowest BCUT2D eigenvalue weighted by Gasteiger charge is -2.27. The van der Waals surface area contributed by atoms with Gasteiger partial charge in [0.1, 0.15) is 17.5 Å². The average molecular weight is 500 g/mol. The maximum Gasteiger partial charge on any atom is 0.421 e. The molecule has 2 aromatic rings. The van der Waals surface area contributed by atoms with Crippen LogP contribution in [0.15, 0.2) is 24.3 Å². The molecule has 2 saturated heterocycles. The van der Waals surface area contributed by atoms with Crippen molar-refractivity contribution in [3.63, 3.8) is 0 Å². The smallest absolute Gasteiger partial charge is 0.421 e. The molecule has 0 spiro atoms. The molecule has 184 valence electrons. The topological polar surface area (TPSA) is 47.5 Å². The maximum atomic E-state index is 13.8. The highest BCUT2D eigenvalue weighted by atomic mass is 35.5. The lowest BCUT2D eigenvalue weighted by atomic mass is 10.00. The fraction of sp³-hybridized carbons (Fsp3) is 0.583. The van der Waals surface area contributed by atoms with Gasteiger partial charge in [-0.3, -0.25) is 0 Å².